The van der Waals surface area contributed by atoms with Gasteiger partial charge in [-0.3, -0.25) is 4.79 Å². The van der Waals surface area contributed by atoms with Gasteiger partial charge in [0, 0.05) is 12.6 Å². The Bertz CT molecular complexity index is 646. The van der Waals surface area contributed by atoms with Crippen molar-refractivity contribution < 1.29 is 14.3 Å². The Balaban J connectivity index is 1.75. The van der Waals surface area contributed by atoms with E-state index >= 15 is 0 Å². The lowest BCUT2D eigenvalue weighted by Gasteiger charge is -2.26. The predicted octanol–water partition coefficient (Wildman–Crippen LogP) is 2.60. The molecule has 1 amide bonds. The van der Waals surface area contributed by atoms with Crippen LogP contribution in [0.15, 0.2) is 24.3 Å². The molecule has 6 heteroatoms. The van der Waals surface area contributed by atoms with Crippen LogP contribution < -0.4 is 14.8 Å². The van der Waals surface area contributed by atoms with Gasteiger partial charge in [-0.1, -0.05) is 12.5 Å². The minimum Gasteiger partial charge on any atom is -0.493 e. The minimum absolute atomic E-state index is 0.0363. The molecule has 1 aliphatic rings. The number of rotatable bonds is 9. The zero-order valence-corrected chi connectivity index (χ0v) is 15.4. The molecule has 1 aromatic carbocycles. The van der Waals surface area contributed by atoms with Gasteiger partial charge in [0.2, 0.25) is 5.91 Å². The second kappa shape index (κ2) is 11.2. The Hall–Kier alpha value is -2.52. The van der Waals surface area contributed by atoms with E-state index in [-0.39, 0.29) is 12.5 Å². The van der Waals surface area contributed by atoms with E-state index in [0.29, 0.717) is 18.0 Å². The summed E-state index contributed by atoms with van der Waals surface area (Å²) in [5.74, 6) is 0.935. The van der Waals surface area contributed by atoms with Gasteiger partial charge >= 0.3 is 0 Å². The van der Waals surface area contributed by atoms with Crippen molar-refractivity contribution in [2.45, 2.75) is 25.7 Å². The van der Waals surface area contributed by atoms with Crippen LogP contribution in [0.1, 0.15) is 31.2 Å². The van der Waals surface area contributed by atoms with Crippen molar-refractivity contribution in [3.8, 4) is 17.6 Å². The van der Waals surface area contributed by atoms with Gasteiger partial charge in [0.15, 0.2) is 18.1 Å². The number of hydrogen-bond donors (Lipinski definition) is 1. The quantitative estimate of drug-likeness (QED) is 0.543. The van der Waals surface area contributed by atoms with Crippen LogP contribution >= 0.6 is 0 Å². The first-order valence-electron chi connectivity index (χ1n) is 9.09. The van der Waals surface area contributed by atoms with E-state index in [9.17, 15) is 4.79 Å². The number of likely N-dealkylation sites (tertiary alicyclic amines) is 1. The first-order chi connectivity index (χ1) is 12.7. The monoisotopic (exact) mass is 357 g/mol. The molecule has 0 saturated carbocycles. The fraction of sp³-hybridized carbons (Fsp3) is 0.500. The van der Waals surface area contributed by atoms with Crippen molar-refractivity contribution in [1.29, 1.82) is 5.26 Å². The van der Waals surface area contributed by atoms with Crippen molar-refractivity contribution in [3.05, 3.63) is 29.8 Å². The summed E-state index contributed by atoms with van der Waals surface area (Å²) < 4.78 is 10.5. The Morgan fingerprint density at radius 2 is 2.12 bits per heavy atom. The maximum atomic E-state index is 11.9. The molecule has 0 spiro atoms. The van der Waals surface area contributed by atoms with Crippen LogP contribution in [0.3, 0.4) is 0 Å². The van der Waals surface area contributed by atoms with Gasteiger partial charge in [-0.15, -0.1) is 0 Å². The van der Waals surface area contributed by atoms with Gasteiger partial charge in [0.05, 0.1) is 7.11 Å². The molecule has 6 nitrogen and oxygen atoms in total. The number of nitrogens with zero attached hydrogens (tertiary/aromatic N) is 2. The maximum Gasteiger partial charge on any atom is 0.243 e. The van der Waals surface area contributed by atoms with Crippen molar-refractivity contribution in [2.24, 2.45) is 0 Å². The maximum absolute atomic E-state index is 11.9. The molecule has 1 aromatic rings. The summed E-state index contributed by atoms with van der Waals surface area (Å²) >= 11 is 0. The molecule has 1 aliphatic heterocycles. The Labute approximate surface area is 155 Å². The molecular weight excluding hydrogens is 330 g/mol. The Morgan fingerprint density at radius 1 is 1.31 bits per heavy atom. The molecule has 0 bridgehead atoms. The number of benzene rings is 1. The number of methoxy groups -OCH3 is 1. The molecule has 1 fully saturated rings. The molecule has 0 unspecified atom stereocenters. The Morgan fingerprint density at radius 3 is 2.85 bits per heavy atom. The summed E-state index contributed by atoms with van der Waals surface area (Å²) in [5.41, 5.74) is 0.828. The number of nitriles is 1. The molecule has 1 N–H and O–H groups in total. The zero-order chi connectivity index (χ0) is 18.6. The standard InChI is InChI=1S/C20H27N3O3/c1-25-19-16-17(6-8-18(19)26-15-10-21)7-9-20(24)22-11-5-14-23-12-3-2-4-13-23/h6-9,16H,2-5,11-15H2,1H3,(H,22,24)/b9-7+. The molecule has 0 atom stereocenters. The number of ether oxygens (including phenoxy) is 2. The molecule has 1 saturated heterocycles. The van der Waals surface area contributed by atoms with E-state index < -0.39 is 0 Å². The molecular formula is C20H27N3O3. The number of hydrogen-bond acceptors (Lipinski definition) is 5. The van der Waals surface area contributed by atoms with E-state index in [1.165, 1.54) is 45.5 Å². The lowest BCUT2D eigenvalue weighted by molar-refractivity contribution is -0.116. The van der Waals surface area contributed by atoms with Crippen LogP contribution in [0.5, 0.6) is 11.5 Å². The second-order valence-electron chi connectivity index (χ2n) is 6.24. The highest BCUT2D eigenvalue weighted by Crippen LogP contribution is 2.28. The van der Waals surface area contributed by atoms with E-state index in [1.807, 2.05) is 12.1 Å². The molecule has 140 valence electrons. The van der Waals surface area contributed by atoms with Gasteiger partial charge < -0.3 is 19.7 Å². The van der Waals surface area contributed by atoms with Gasteiger partial charge in [0.1, 0.15) is 6.07 Å². The summed E-state index contributed by atoms with van der Waals surface area (Å²) in [6, 6.07) is 7.23. The SMILES string of the molecule is COc1cc(/C=C/C(=O)NCCCN2CCCCC2)ccc1OCC#N. The van der Waals surface area contributed by atoms with Crippen LogP contribution in [0.4, 0.5) is 0 Å². The molecule has 26 heavy (non-hydrogen) atoms. The fourth-order valence-corrected chi connectivity index (χ4v) is 2.95. The lowest BCUT2D eigenvalue weighted by Crippen LogP contribution is -2.33. The highest BCUT2D eigenvalue weighted by molar-refractivity contribution is 5.91. The number of piperidine rings is 1. The number of amides is 1. The largest absolute Gasteiger partial charge is 0.493 e. The first-order valence-corrected chi connectivity index (χ1v) is 9.09. The molecule has 1 heterocycles. The highest BCUT2D eigenvalue weighted by Gasteiger charge is 2.09. The highest BCUT2D eigenvalue weighted by atomic mass is 16.5. The van der Waals surface area contributed by atoms with Crippen LogP contribution in [0.2, 0.25) is 0 Å². The van der Waals surface area contributed by atoms with Gasteiger partial charge in [-0.05, 0) is 62.7 Å². The third-order valence-electron chi connectivity index (χ3n) is 4.31. The average molecular weight is 357 g/mol. The van der Waals surface area contributed by atoms with Crippen LogP contribution in [0, 0.1) is 11.3 Å². The zero-order valence-electron chi connectivity index (χ0n) is 15.4. The molecule has 0 radical (unpaired) electrons. The fourth-order valence-electron chi connectivity index (χ4n) is 2.95. The van der Waals surface area contributed by atoms with Gasteiger partial charge in [-0.25, -0.2) is 0 Å². The van der Waals surface area contributed by atoms with Crippen molar-refractivity contribution in [3.63, 3.8) is 0 Å². The van der Waals surface area contributed by atoms with E-state index in [1.54, 1.807) is 18.2 Å². The third-order valence-corrected chi connectivity index (χ3v) is 4.31. The van der Waals surface area contributed by atoms with Crippen molar-refractivity contribution >= 4 is 12.0 Å². The molecule has 2 rings (SSSR count). The number of carbonyl (C=O) groups excluding carboxylic acids is 1. The smallest absolute Gasteiger partial charge is 0.243 e. The Kier molecular flexibility index (Phi) is 8.50. The molecule has 0 aromatic heterocycles. The van der Waals surface area contributed by atoms with Gasteiger partial charge in [0.25, 0.3) is 0 Å². The number of nitrogens with one attached hydrogen (secondary N) is 1. The van der Waals surface area contributed by atoms with E-state index in [0.717, 1.165) is 18.5 Å². The van der Waals surface area contributed by atoms with Crippen LogP contribution in [-0.2, 0) is 4.79 Å². The summed E-state index contributed by atoms with van der Waals surface area (Å²) in [6.45, 7) is 4.06. The van der Waals surface area contributed by atoms with Crippen molar-refractivity contribution in [2.75, 3.05) is 39.9 Å². The predicted molar refractivity (Wildman–Crippen MR) is 101 cm³/mol. The average Bonchev–Trinajstić information content (AvgIpc) is 2.69. The summed E-state index contributed by atoms with van der Waals surface area (Å²) in [7, 11) is 1.54. The van der Waals surface area contributed by atoms with Crippen molar-refractivity contribution in [1.82, 2.24) is 10.2 Å². The second-order valence-corrected chi connectivity index (χ2v) is 6.24. The molecule has 0 aliphatic carbocycles. The van der Waals surface area contributed by atoms with E-state index in [4.69, 9.17) is 14.7 Å². The van der Waals surface area contributed by atoms with E-state index in [2.05, 4.69) is 10.2 Å². The normalized spacial score (nSPS) is 14.8. The number of carbonyl (C=O) groups is 1. The third kappa shape index (κ3) is 6.77. The summed E-state index contributed by atoms with van der Waals surface area (Å²) in [6.07, 6.45) is 8.15. The lowest BCUT2D eigenvalue weighted by atomic mass is 10.1. The van der Waals surface area contributed by atoms with Crippen LogP contribution in [0.25, 0.3) is 6.08 Å². The summed E-state index contributed by atoms with van der Waals surface area (Å²) in [5, 5.41) is 11.5. The van der Waals surface area contributed by atoms with Gasteiger partial charge in [-0.2, -0.15) is 5.26 Å². The summed E-state index contributed by atoms with van der Waals surface area (Å²) in [4.78, 5) is 14.4. The first kappa shape index (κ1) is 19.8. The topological polar surface area (TPSA) is 74.6 Å². The van der Waals surface area contributed by atoms with Crippen LogP contribution in [-0.4, -0.2) is 50.7 Å². The minimum atomic E-state index is -0.104.